The molecular weight excluding hydrogens is 368 g/mol. The molecule has 0 spiro atoms. The van der Waals surface area contributed by atoms with E-state index in [4.69, 9.17) is 4.74 Å². The molecule has 3 heterocycles. The first-order chi connectivity index (χ1) is 14.2. The van der Waals surface area contributed by atoms with Gasteiger partial charge in [-0.1, -0.05) is 0 Å². The van der Waals surface area contributed by atoms with Gasteiger partial charge in [-0.2, -0.15) is 14.6 Å². The van der Waals surface area contributed by atoms with E-state index in [0.717, 1.165) is 61.6 Å². The highest BCUT2D eigenvalue weighted by atomic mass is 16.5. The van der Waals surface area contributed by atoms with E-state index >= 15 is 0 Å². The average molecular weight is 392 g/mol. The number of piperidine rings is 1. The van der Waals surface area contributed by atoms with Crippen LogP contribution in [-0.2, 0) is 17.6 Å². The minimum atomic E-state index is -0.0744. The number of amides is 1. The number of ether oxygens (including phenoxy) is 1. The molecule has 8 nitrogen and oxygen atoms in total. The van der Waals surface area contributed by atoms with Crippen LogP contribution in [0.25, 0.3) is 5.78 Å². The third-order valence-corrected chi connectivity index (χ3v) is 5.87. The monoisotopic (exact) mass is 392 g/mol. The van der Waals surface area contributed by atoms with Crippen molar-refractivity contribution in [3.63, 3.8) is 0 Å². The van der Waals surface area contributed by atoms with Crippen LogP contribution in [0.5, 0.6) is 5.75 Å². The number of rotatable bonds is 4. The van der Waals surface area contributed by atoms with Gasteiger partial charge in [-0.15, -0.1) is 0 Å². The number of methoxy groups -OCH3 is 1. The van der Waals surface area contributed by atoms with E-state index < -0.39 is 0 Å². The zero-order valence-electron chi connectivity index (χ0n) is 16.5. The SMILES string of the molecule is COc1ccc(NC(=O)[C@H]2CCCN(c3c4c(nc5ncnn35)CCC4)C2)cc1. The molecule has 3 aromatic rings. The fourth-order valence-corrected chi connectivity index (χ4v) is 4.43. The van der Waals surface area contributed by atoms with E-state index in [2.05, 4.69) is 25.3 Å². The zero-order chi connectivity index (χ0) is 19.8. The Labute approximate surface area is 168 Å². The van der Waals surface area contributed by atoms with Crippen molar-refractivity contribution in [3.05, 3.63) is 41.9 Å². The molecule has 1 saturated heterocycles. The van der Waals surface area contributed by atoms with Crippen LogP contribution in [0.4, 0.5) is 11.5 Å². The van der Waals surface area contributed by atoms with Gasteiger partial charge < -0.3 is 15.0 Å². The van der Waals surface area contributed by atoms with Crippen LogP contribution in [0.1, 0.15) is 30.5 Å². The number of fused-ring (bicyclic) bond motifs is 2. The Morgan fingerprint density at radius 3 is 2.90 bits per heavy atom. The Kier molecular flexibility index (Phi) is 4.54. The van der Waals surface area contributed by atoms with E-state index in [-0.39, 0.29) is 11.8 Å². The van der Waals surface area contributed by atoms with Crippen molar-refractivity contribution in [2.24, 2.45) is 5.92 Å². The van der Waals surface area contributed by atoms with Gasteiger partial charge in [0.1, 0.15) is 17.9 Å². The minimum Gasteiger partial charge on any atom is -0.497 e. The summed E-state index contributed by atoms with van der Waals surface area (Å²) < 4.78 is 7.02. The predicted octanol–water partition coefficient (Wildman–Crippen LogP) is 2.48. The smallest absolute Gasteiger partial charge is 0.254 e. The fraction of sp³-hybridized carbons (Fsp3) is 0.429. The first-order valence-corrected chi connectivity index (χ1v) is 10.1. The normalized spacial score (nSPS) is 18.7. The van der Waals surface area contributed by atoms with Crippen molar-refractivity contribution in [2.75, 3.05) is 30.4 Å². The largest absolute Gasteiger partial charge is 0.497 e. The molecule has 0 radical (unpaired) electrons. The van der Waals surface area contributed by atoms with Crippen LogP contribution in [0.2, 0.25) is 0 Å². The third kappa shape index (κ3) is 3.28. The molecule has 1 aromatic carbocycles. The highest BCUT2D eigenvalue weighted by Crippen LogP contribution is 2.33. The topological polar surface area (TPSA) is 84.6 Å². The van der Waals surface area contributed by atoms with Gasteiger partial charge in [-0.3, -0.25) is 4.79 Å². The average Bonchev–Trinajstić information content (AvgIpc) is 3.41. The van der Waals surface area contributed by atoms with Gasteiger partial charge in [-0.25, -0.2) is 4.98 Å². The summed E-state index contributed by atoms with van der Waals surface area (Å²) in [7, 11) is 1.63. The Morgan fingerprint density at radius 2 is 2.07 bits per heavy atom. The Balaban J connectivity index is 1.38. The second-order valence-corrected chi connectivity index (χ2v) is 7.69. The number of aromatic nitrogens is 4. The van der Waals surface area contributed by atoms with Crippen molar-refractivity contribution < 1.29 is 9.53 Å². The van der Waals surface area contributed by atoms with Crippen molar-refractivity contribution in [2.45, 2.75) is 32.1 Å². The molecule has 1 atom stereocenters. The summed E-state index contributed by atoms with van der Waals surface area (Å²) in [5, 5.41) is 7.47. The summed E-state index contributed by atoms with van der Waals surface area (Å²) in [4.78, 5) is 24.2. The number of anilines is 2. The summed E-state index contributed by atoms with van der Waals surface area (Å²) in [5.74, 6) is 2.47. The number of hydrogen-bond donors (Lipinski definition) is 1. The molecule has 0 unspecified atom stereocenters. The number of benzene rings is 1. The van der Waals surface area contributed by atoms with Crippen molar-refractivity contribution in [3.8, 4) is 5.75 Å². The number of carbonyl (C=O) groups is 1. The van der Waals surface area contributed by atoms with Crippen LogP contribution in [0.3, 0.4) is 0 Å². The van der Waals surface area contributed by atoms with Gasteiger partial charge in [0.25, 0.3) is 5.78 Å². The molecule has 150 valence electrons. The summed E-state index contributed by atoms with van der Waals surface area (Å²) in [6.07, 6.45) is 6.50. The molecule has 1 aliphatic carbocycles. The number of aryl methyl sites for hydroxylation is 1. The molecule has 1 amide bonds. The van der Waals surface area contributed by atoms with E-state index in [1.807, 2.05) is 28.8 Å². The van der Waals surface area contributed by atoms with Gasteiger partial charge in [0.05, 0.1) is 18.7 Å². The molecule has 29 heavy (non-hydrogen) atoms. The van der Waals surface area contributed by atoms with Crippen LogP contribution in [0.15, 0.2) is 30.6 Å². The van der Waals surface area contributed by atoms with E-state index in [9.17, 15) is 4.79 Å². The molecule has 0 bridgehead atoms. The van der Waals surface area contributed by atoms with Gasteiger partial charge >= 0.3 is 0 Å². The van der Waals surface area contributed by atoms with Gasteiger partial charge in [-0.05, 0) is 56.4 Å². The van der Waals surface area contributed by atoms with E-state index in [0.29, 0.717) is 12.3 Å². The lowest BCUT2D eigenvalue weighted by Gasteiger charge is -2.34. The first kappa shape index (κ1) is 17.9. The van der Waals surface area contributed by atoms with Gasteiger partial charge in [0.15, 0.2) is 0 Å². The summed E-state index contributed by atoms with van der Waals surface area (Å²) in [6.45, 7) is 1.59. The lowest BCUT2D eigenvalue weighted by Crippen LogP contribution is -2.42. The molecule has 1 aliphatic heterocycles. The van der Waals surface area contributed by atoms with Crippen LogP contribution in [-0.4, -0.2) is 45.7 Å². The van der Waals surface area contributed by atoms with Crippen LogP contribution < -0.4 is 15.0 Å². The van der Waals surface area contributed by atoms with E-state index in [1.54, 1.807) is 13.4 Å². The molecular formula is C21H24N6O2. The highest BCUT2D eigenvalue weighted by Gasteiger charge is 2.31. The standard InChI is InChI=1S/C21H24N6O2/c1-29-16-9-7-15(8-10-16)24-19(28)14-4-3-11-26(12-14)20-17-5-2-6-18(17)25-21-22-13-23-27(20)21/h7-10,13-14H,2-6,11-12H2,1H3,(H,24,28)/t14-/m0/s1. The molecule has 5 rings (SSSR count). The van der Waals surface area contributed by atoms with Crippen molar-refractivity contribution in [1.29, 1.82) is 0 Å². The lowest BCUT2D eigenvalue weighted by atomic mass is 9.96. The third-order valence-electron chi connectivity index (χ3n) is 5.87. The van der Waals surface area contributed by atoms with Crippen molar-refractivity contribution >= 4 is 23.2 Å². The predicted molar refractivity (Wildman–Crippen MR) is 109 cm³/mol. The second kappa shape index (κ2) is 7.35. The number of nitrogens with one attached hydrogen (secondary N) is 1. The molecule has 2 aromatic heterocycles. The van der Waals surface area contributed by atoms with Gasteiger partial charge in [0, 0.05) is 24.3 Å². The molecule has 1 N–H and O–H groups in total. The minimum absolute atomic E-state index is 0.0559. The molecule has 2 aliphatic rings. The maximum atomic E-state index is 12.9. The Morgan fingerprint density at radius 1 is 1.21 bits per heavy atom. The fourth-order valence-electron chi connectivity index (χ4n) is 4.43. The lowest BCUT2D eigenvalue weighted by molar-refractivity contribution is -0.120. The van der Waals surface area contributed by atoms with Gasteiger partial charge in [0.2, 0.25) is 5.91 Å². The highest BCUT2D eigenvalue weighted by molar-refractivity contribution is 5.93. The summed E-state index contributed by atoms with van der Waals surface area (Å²) in [5.41, 5.74) is 3.18. The summed E-state index contributed by atoms with van der Waals surface area (Å²) in [6, 6.07) is 7.44. The number of carbonyl (C=O) groups excluding carboxylic acids is 1. The first-order valence-electron chi connectivity index (χ1n) is 10.1. The molecule has 8 heteroatoms. The zero-order valence-corrected chi connectivity index (χ0v) is 16.5. The van der Waals surface area contributed by atoms with Crippen molar-refractivity contribution in [1.82, 2.24) is 19.6 Å². The molecule has 1 fully saturated rings. The maximum absolute atomic E-state index is 12.9. The van der Waals surface area contributed by atoms with Crippen LogP contribution >= 0.6 is 0 Å². The Bertz CT molecular complexity index is 1050. The second-order valence-electron chi connectivity index (χ2n) is 7.69. The summed E-state index contributed by atoms with van der Waals surface area (Å²) >= 11 is 0. The Hall–Kier alpha value is -3.16. The van der Waals surface area contributed by atoms with Crippen LogP contribution in [0, 0.1) is 5.92 Å². The number of nitrogens with zero attached hydrogens (tertiary/aromatic N) is 5. The quantitative estimate of drug-likeness (QED) is 0.734. The van der Waals surface area contributed by atoms with E-state index in [1.165, 1.54) is 5.56 Å². The molecule has 0 saturated carbocycles. The number of hydrogen-bond acceptors (Lipinski definition) is 6. The maximum Gasteiger partial charge on any atom is 0.254 e.